The summed E-state index contributed by atoms with van der Waals surface area (Å²) >= 11 is 0. The van der Waals surface area contributed by atoms with Gasteiger partial charge < -0.3 is 0 Å². The lowest BCUT2D eigenvalue weighted by molar-refractivity contribution is 0.889. The summed E-state index contributed by atoms with van der Waals surface area (Å²) in [6, 6.07) is -0.0324. The molecule has 0 saturated heterocycles. The Bertz CT molecular complexity index is 45.9. The van der Waals surface area contributed by atoms with Crippen LogP contribution in [0, 0.1) is 0 Å². The van der Waals surface area contributed by atoms with E-state index in [9.17, 15) is 0 Å². The summed E-state index contributed by atoms with van der Waals surface area (Å²) in [7, 11) is 0. The predicted octanol–water partition coefficient (Wildman–Crippen LogP) is 1.23. The molecule has 0 fully saturated rings. The van der Waals surface area contributed by atoms with Gasteiger partial charge in [0.15, 0.2) is 0 Å². The van der Waals surface area contributed by atoms with Gasteiger partial charge in [0.2, 0.25) is 0 Å². The van der Waals surface area contributed by atoms with Crippen LogP contribution in [0.3, 0.4) is 0 Å². The van der Waals surface area contributed by atoms with Crippen molar-refractivity contribution in [3.8, 4) is 0 Å². The maximum Gasteiger partial charge on any atom is 0.0364 e. The first-order chi connectivity index (χ1) is 2.77. The van der Waals surface area contributed by atoms with E-state index in [0.717, 1.165) is 0 Å². The average Bonchev–Trinajstić information content (AvgIpc) is 1.35. The molecule has 0 spiro atoms. The van der Waals surface area contributed by atoms with Gasteiger partial charge in [-0.05, 0) is 13.8 Å². The number of rotatable bonds is 1. The van der Waals surface area contributed by atoms with E-state index in [-0.39, 0.29) is 6.04 Å². The number of allylic oxidation sites excluding steroid dienone is 1. The van der Waals surface area contributed by atoms with Crippen molar-refractivity contribution < 1.29 is 0 Å². The first kappa shape index (κ1) is 5.70. The van der Waals surface area contributed by atoms with Gasteiger partial charge in [-0.2, -0.15) is 0 Å². The Morgan fingerprint density at radius 3 is 2.17 bits per heavy atom. The molecule has 35 valence electrons. The van der Waals surface area contributed by atoms with Crippen LogP contribution >= 0.6 is 0 Å². The van der Waals surface area contributed by atoms with Gasteiger partial charge in [0, 0.05) is 6.04 Å². The molecular formula is C5H10N. The predicted molar refractivity (Wildman–Crippen MR) is 27.4 cm³/mol. The highest BCUT2D eigenvalue weighted by Gasteiger charge is 1.77. The summed E-state index contributed by atoms with van der Waals surface area (Å²) in [6.07, 6.45) is 3.72. The molecule has 0 heterocycles. The molecule has 0 rings (SSSR count). The molecule has 0 bridgehead atoms. The molecule has 0 aliphatic carbocycles. The Labute approximate surface area is 38.8 Å². The third-order valence-electron chi connectivity index (χ3n) is 0.481. The van der Waals surface area contributed by atoms with Crippen molar-refractivity contribution in [3.05, 3.63) is 12.2 Å². The van der Waals surface area contributed by atoms with Crippen LogP contribution in [0.1, 0.15) is 13.8 Å². The first-order valence-corrected chi connectivity index (χ1v) is 2.11. The molecule has 1 heteroatoms. The average molecular weight is 84.1 g/mol. The van der Waals surface area contributed by atoms with Crippen LogP contribution in [0.25, 0.3) is 0 Å². The molecule has 0 aromatic heterocycles. The van der Waals surface area contributed by atoms with E-state index in [4.69, 9.17) is 5.73 Å². The normalized spacial score (nSPS) is 15.8. The zero-order valence-electron chi connectivity index (χ0n) is 4.23. The van der Waals surface area contributed by atoms with Crippen molar-refractivity contribution in [1.82, 2.24) is 5.73 Å². The van der Waals surface area contributed by atoms with Gasteiger partial charge in [-0.1, -0.05) is 12.2 Å². The molecule has 1 nitrogen and oxygen atoms in total. The minimum absolute atomic E-state index is 0.0324. The van der Waals surface area contributed by atoms with Crippen molar-refractivity contribution in [2.75, 3.05) is 0 Å². The van der Waals surface area contributed by atoms with E-state index < -0.39 is 0 Å². The fourth-order valence-electron chi connectivity index (χ4n) is 0.289. The minimum atomic E-state index is -0.0324. The molecule has 0 amide bonds. The fraction of sp³-hybridized carbons (Fsp3) is 0.600. The van der Waals surface area contributed by atoms with Gasteiger partial charge in [0.1, 0.15) is 0 Å². The highest BCUT2D eigenvalue weighted by atomic mass is 14.6. The van der Waals surface area contributed by atoms with E-state index in [0.29, 0.717) is 0 Å². The SMILES string of the molecule is CC=CC(C)[NH]. The summed E-state index contributed by atoms with van der Waals surface area (Å²) in [5.41, 5.74) is 6.89. The van der Waals surface area contributed by atoms with E-state index in [1.807, 2.05) is 26.0 Å². The van der Waals surface area contributed by atoms with Gasteiger partial charge in [0.25, 0.3) is 0 Å². The maximum absolute atomic E-state index is 6.89. The van der Waals surface area contributed by atoms with E-state index in [1.165, 1.54) is 0 Å². The van der Waals surface area contributed by atoms with Gasteiger partial charge in [-0.15, -0.1) is 0 Å². The van der Waals surface area contributed by atoms with E-state index in [1.54, 1.807) is 0 Å². The summed E-state index contributed by atoms with van der Waals surface area (Å²) in [4.78, 5) is 0. The molecule has 0 aromatic carbocycles. The Morgan fingerprint density at radius 1 is 1.67 bits per heavy atom. The number of hydrogen-bond acceptors (Lipinski definition) is 0. The Kier molecular flexibility index (Phi) is 2.77. The number of nitrogens with one attached hydrogen (secondary N) is 1. The molecule has 1 atom stereocenters. The van der Waals surface area contributed by atoms with E-state index in [2.05, 4.69) is 0 Å². The lowest BCUT2D eigenvalue weighted by atomic mass is 10.3. The second-order valence-corrected chi connectivity index (χ2v) is 1.31. The first-order valence-electron chi connectivity index (χ1n) is 2.11. The van der Waals surface area contributed by atoms with Crippen molar-refractivity contribution >= 4 is 0 Å². The largest absolute Gasteiger partial charge is 0.251 e. The highest BCUT2D eigenvalue weighted by Crippen LogP contribution is 1.77. The van der Waals surface area contributed by atoms with Crippen LogP contribution in [0.5, 0.6) is 0 Å². The van der Waals surface area contributed by atoms with Gasteiger partial charge in [-0.25, -0.2) is 0 Å². The van der Waals surface area contributed by atoms with Crippen LogP contribution < -0.4 is 5.73 Å². The maximum atomic E-state index is 6.89. The molecule has 1 radical (unpaired) electrons. The van der Waals surface area contributed by atoms with Crippen molar-refractivity contribution in [1.29, 1.82) is 0 Å². The van der Waals surface area contributed by atoms with E-state index >= 15 is 0 Å². The molecule has 6 heavy (non-hydrogen) atoms. The third kappa shape index (κ3) is 3.70. The Hall–Kier alpha value is -0.300. The zero-order chi connectivity index (χ0) is 4.99. The zero-order valence-corrected chi connectivity index (χ0v) is 4.23. The molecule has 0 saturated carbocycles. The Balaban J connectivity index is 3.03. The summed E-state index contributed by atoms with van der Waals surface area (Å²) < 4.78 is 0. The molecule has 0 aliphatic heterocycles. The lowest BCUT2D eigenvalue weighted by Gasteiger charge is -1.86. The molecule has 0 aliphatic rings. The summed E-state index contributed by atoms with van der Waals surface area (Å²) in [5.74, 6) is 0. The molecular weight excluding hydrogens is 74.1 g/mol. The second-order valence-electron chi connectivity index (χ2n) is 1.31. The fourth-order valence-corrected chi connectivity index (χ4v) is 0.289. The van der Waals surface area contributed by atoms with Crippen LogP contribution in [0.4, 0.5) is 0 Å². The van der Waals surface area contributed by atoms with Crippen molar-refractivity contribution in [3.63, 3.8) is 0 Å². The van der Waals surface area contributed by atoms with Gasteiger partial charge in [0.05, 0.1) is 0 Å². The second kappa shape index (κ2) is 2.91. The topological polar surface area (TPSA) is 23.8 Å². The summed E-state index contributed by atoms with van der Waals surface area (Å²) in [5, 5.41) is 0. The third-order valence-corrected chi connectivity index (χ3v) is 0.481. The number of hydrogen-bond donors (Lipinski definition) is 0. The van der Waals surface area contributed by atoms with Crippen LogP contribution in [-0.4, -0.2) is 6.04 Å². The molecule has 1 N–H and O–H groups in total. The van der Waals surface area contributed by atoms with Crippen molar-refractivity contribution in [2.45, 2.75) is 19.9 Å². The lowest BCUT2D eigenvalue weighted by Crippen LogP contribution is -1.93. The van der Waals surface area contributed by atoms with Crippen LogP contribution in [0.15, 0.2) is 12.2 Å². The van der Waals surface area contributed by atoms with Gasteiger partial charge >= 0.3 is 0 Å². The van der Waals surface area contributed by atoms with Crippen LogP contribution in [-0.2, 0) is 0 Å². The quantitative estimate of drug-likeness (QED) is 0.427. The molecule has 1 unspecified atom stereocenters. The van der Waals surface area contributed by atoms with Gasteiger partial charge in [-0.3, -0.25) is 5.73 Å². The summed E-state index contributed by atoms with van der Waals surface area (Å²) in [6.45, 7) is 3.76. The standard InChI is InChI=1S/C5H10N/c1-3-4-5(2)6/h3-6H,1-2H3. The Morgan fingerprint density at radius 2 is 2.17 bits per heavy atom. The van der Waals surface area contributed by atoms with Crippen LogP contribution in [0.2, 0.25) is 0 Å². The highest BCUT2D eigenvalue weighted by molar-refractivity contribution is 4.84. The minimum Gasteiger partial charge on any atom is -0.251 e. The van der Waals surface area contributed by atoms with Crippen molar-refractivity contribution in [2.24, 2.45) is 0 Å². The molecule has 0 aromatic rings. The monoisotopic (exact) mass is 84.1 g/mol. The smallest absolute Gasteiger partial charge is 0.0364 e.